The van der Waals surface area contributed by atoms with Crippen molar-refractivity contribution >= 4 is 5.97 Å². The molecule has 132 valence electrons. The van der Waals surface area contributed by atoms with Gasteiger partial charge in [-0.05, 0) is 12.1 Å². The summed E-state index contributed by atoms with van der Waals surface area (Å²) in [4.78, 5) is 14.4. The topological polar surface area (TPSA) is 68.7 Å². The zero-order valence-corrected chi connectivity index (χ0v) is 13.0. The fourth-order valence-corrected chi connectivity index (χ4v) is 2.57. The van der Waals surface area contributed by atoms with Gasteiger partial charge in [0, 0.05) is 25.0 Å². The average Bonchev–Trinajstić information content (AvgIpc) is 2.56. The molecule has 1 aliphatic rings. The summed E-state index contributed by atoms with van der Waals surface area (Å²) in [6.07, 6.45) is 0.979. The number of aromatic nitrogens is 1. The molecular formula is C17H14F3NO4. The first kappa shape index (κ1) is 17.2. The highest BCUT2D eigenvalue weighted by Crippen LogP contribution is 2.31. The van der Waals surface area contributed by atoms with Crippen molar-refractivity contribution in [2.45, 2.75) is 18.9 Å². The smallest absolute Gasteiger partial charge is 0.354 e. The van der Waals surface area contributed by atoms with Gasteiger partial charge in [-0.1, -0.05) is 0 Å². The van der Waals surface area contributed by atoms with Gasteiger partial charge in [-0.15, -0.1) is 0 Å². The van der Waals surface area contributed by atoms with E-state index >= 15 is 0 Å². The van der Waals surface area contributed by atoms with Crippen molar-refractivity contribution in [3.63, 3.8) is 0 Å². The quantitative estimate of drug-likeness (QED) is 0.912. The molecule has 0 spiro atoms. The fraction of sp³-hybridized carbons (Fsp3) is 0.294. The molecule has 0 bridgehead atoms. The zero-order valence-electron chi connectivity index (χ0n) is 13.0. The van der Waals surface area contributed by atoms with Gasteiger partial charge in [0.15, 0.2) is 0 Å². The molecule has 1 N–H and O–H groups in total. The van der Waals surface area contributed by atoms with Crippen LogP contribution in [0.5, 0.6) is 5.75 Å². The maximum Gasteiger partial charge on any atom is 0.354 e. The average molecular weight is 353 g/mol. The standard InChI is InChI=1S/C17H14F3NO4/c18-11-1-2-14(17(22)23)21-16(11)15-12(19)7-10(8-13(15)20)25-9-3-5-24-6-4-9/h1-2,7-9H,3-6H2,(H,22,23). The molecule has 8 heteroatoms. The van der Waals surface area contributed by atoms with Gasteiger partial charge in [0.05, 0.1) is 18.8 Å². The van der Waals surface area contributed by atoms with E-state index in [1.54, 1.807) is 0 Å². The molecule has 2 heterocycles. The van der Waals surface area contributed by atoms with Crippen LogP contribution in [-0.2, 0) is 4.74 Å². The number of rotatable bonds is 4. The van der Waals surface area contributed by atoms with Crippen molar-refractivity contribution in [3.8, 4) is 17.0 Å². The summed E-state index contributed by atoms with van der Waals surface area (Å²) in [5, 5.41) is 8.91. The number of halogens is 3. The number of carbonyl (C=O) groups is 1. The lowest BCUT2D eigenvalue weighted by Gasteiger charge is -2.23. The molecule has 1 aliphatic heterocycles. The van der Waals surface area contributed by atoms with Crippen LogP contribution in [0, 0.1) is 17.5 Å². The van der Waals surface area contributed by atoms with E-state index in [-0.39, 0.29) is 11.9 Å². The number of carboxylic acids is 1. The third-order valence-electron chi connectivity index (χ3n) is 3.79. The second kappa shape index (κ2) is 7.10. The molecule has 1 saturated heterocycles. The van der Waals surface area contributed by atoms with Crippen molar-refractivity contribution in [2.24, 2.45) is 0 Å². The van der Waals surface area contributed by atoms with E-state index in [4.69, 9.17) is 14.6 Å². The molecule has 0 radical (unpaired) electrons. The fourth-order valence-electron chi connectivity index (χ4n) is 2.57. The van der Waals surface area contributed by atoms with Crippen LogP contribution in [0.2, 0.25) is 0 Å². The van der Waals surface area contributed by atoms with E-state index in [9.17, 15) is 18.0 Å². The van der Waals surface area contributed by atoms with Crippen LogP contribution in [0.25, 0.3) is 11.3 Å². The minimum Gasteiger partial charge on any atom is -0.490 e. The lowest BCUT2D eigenvalue weighted by molar-refractivity contribution is 0.0253. The monoisotopic (exact) mass is 353 g/mol. The Morgan fingerprint density at radius 2 is 1.76 bits per heavy atom. The molecule has 0 unspecified atom stereocenters. The summed E-state index contributed by atoms with van der Waals surface area (Å²) < 4.78 is 53.4. The van der Waals surface area contributed by atoms with Crippen molar-refractivity contribution in [1.29, 1.82) is 0 Å². The summed E-state index contributed by atoms with van der Waals surface area (Å²) in [5.41, 5.74) is -1.95. The van der Waals surface area contributed by atoms with Crippen molar-refractivity contribution in [2.75, 3.05) is 13.2 Å². The Kier molecular flexibility index (Phi) is 4.89. The second-order valence-corrected chi connectivity index (χ2v) is 5.52. The molecule has 0 aliphatic carbocycles. The lowest BCUT2D eigenvalue weighted by Crippen LogP contribution is -2.26. The van der Waals surface area contributed by atoms with E-state index in [0.717, 1.165) is 24.3 Å². The van der Waals surface area contributed by atoms with Gasteiger partial charge >= 0.3 is 5.97 Å². The minimum atomic E-state index is -1.43. The Morgan fingerprint density at radius 1 is 1.12 bits per heavy atom. The Hall–Kier alpha value is -2.61. The maximum atomic E-state index is 14.4. The molecule has 2 aromatic rings. The van der Waals surface area contributed by atoms with Crippen LogP contribution >= 0.6 is 0 Å². The maximum absolute atomic E-state index is 14.4. The normalized spacial score (nSPS) is 15.2. The largest absolute Gasteiger partial charge is 0.490 e. The third-order valence-corrected chi connectivity index (χ3v) is 3.79. The van der Waals surface area contributed by atoms with E-state index in [1.807, 2.05) is 0 Å². The third kappa shape index (κ3) is 3.74. The molecule has 3 rings (SSSR count). The molecule has 1 aromatic heterocycles. The van der Waals surface area contributed by atoms with Crippen molar-refractivity contribution in [3.05, 3.63) is 47.4 Å². The zero-order chi connectivity index (χ0) is 18.0. The van der Waals surface area contributed by atoms with Gasteiger partial charge in [-0.25, -0.2) is 22.9 Å². The Balaban J connectivity index is 1.95. The first-order valence-electron chi connectivity index (χ1n) is 7.59. The van der Waals surface area contributed by atoms with Crippen LogP contribution in [-0.4, -0.2) is 35.4 Å². The second-order valence-electron chi connectivity index (χ2n) is 5.52. The van der Waals surface area contributed by atoms with E-state index < -0.39 is 40.4 Å². The van der Waals surface area contributed by atoms with Crippen LogP contribution < -0.4 is 4.74 Å². The van der Waals surface area contributed by atoms with Crippen molar-refractivity contribution in [1.82, 2.24) is 4.98 Å². The Bertz CT molecular complexity index is 783. The molecule has 0 atom stereocenters. The number of ether oxygens (including phenoxy) is 2. The number of pyridine rings is 1. The number of nitrogens with zero attached hydrogens (tertiary/aromatic N) is 1. The molecule has 0 saturated carbocycles. The highest BCUT2D eigenvalue weighted by molar-refractivity contribution is 5.86. The summed E-state index contributed by atoms with van der Waals surface area (Å²) in [6, 6.07) is 3.58. The van der Waals surface area contributed by atoms with Crippen LogP contribution in [0.15, 0.2) is 24.3 Å². The van der Waals surface area contributed by atoms with Gasteiger partial charge in [-0.3, -0.25) is 0 Å². The number of aromatic carboxylic acids is 1. The highest BCUT2D eigenvalue weighted by Gasteiger charge is 2.22. The molecule has 1 fully saturated rings. The van der Waals surface area contributed by atoms with Gasteiger partial charge < -0.3 is 14.6 Å². The van der Waals surface area contributed by atoms with Gasteiger partial charge in [0.25, 0.3) is 0 Å². The number of carboxylic acid groups (broad SMARTS) is 1. The SMILES string of the molecule is O=C(O)c1ccc(F)c(-c2c(F)cc(OC3CCOCC3)cc2F)n1. The van der Waals surface area contributed by atoms with E-state index in [1.165, 1.54) is 0 Å². The van der Waals surface area contributed by atoms with Crippen LogP contribution in [0.1, 0.15) is 23.3 Å². The first-order valence-corrected chi connectivity index (χ1v) is 7.59. The molecular weight excluding hydrogens is 339 g/mol. The summed E-state index contributed by atoms with van der Waals surface area (Å²) in [7, 11) is 0. The van der Waals surface area contributed by atoms with Crippen LogP contribution in [0.4, 0.5) is 13.2 Å². The molecule has 0 amide bonds. The van der Waals surface area contributed by atoms with E-state index in [0.29, 0.717) is 26.1 Å². The first-order chi connectivity index (χ1) is 12.0. The van der Waals surface area contributed by atoms with Crippen LogP contribution in [0.3, 0.4) is 0 Å². The Labute approximate surface area is 141 Å². The number of hydrogen-bond donors (Lipinski definition) is 1. The lowest BCUT2D eigenvalue weighted by atomic mass is 10.1. The van der Waals surface area contributed by atoms with Gasteiger partial charge in [0.2, 0.25) is 0 Å². The minimum absolute atomic E-state index is 0.0274. The molecule has 25 heavy (non-hydrogen) atoms. The summed E-state index contributed by atoms with van der Waals surface area (Å²) in [5.74, 6) is -4.66. The van der Waals surface area contributed by atoms with Crippen molar-refractivity contribution < 1.29 is 32.5 Å². The Morgan fingerprint density at radius 3 is 2.36 bits per heavy atom. The number of hydrogen-bond acceptors (Lipinski definition) is 4. The molecule has 5 nitrogen and oxygen atoms in total. The van der Waals surface area contributed by atoms with Gasteiger partial charge in [0.1, 0.15) is 40.7 Å². The predicted molar refractivity (Wildman–Crippen MR) is 81.0 cm³/mol. The predicted octanol–water partition coefficient (Wildman–Crippen LogP) is 3.42. The summed E-state index contributed by atoms with van der Waals surface area (Å²) >= 11 is 0. The summed E-state index contributed by atoms with van der Waals surface area (Å²) in [6.45, 7) is 1.01. The van der Waals surface area contributed by atoms with E-state index in [2.05, 4.69) is 4.98 Å². The number of benzene rings is 1. The van der Waals surface area contributed by atoms with Gasteiger partial charge in [-0.2, -0.15) is 0 Å². The molecule has 1 aromatic carbocycles. The highest BCUT2D eigenvalue weighted by atomic mass is 19.1.